The number of hydrogen-bond donors (Lipinski definition) is 1. The van der Waals surface area contributed by atoms with E-state index in [-0.39, 0.29) is 55.0 Å². The second kappa shape index (κ2) is 27.0. The first-order valence-corrected chi connectivity index (χ1v) is 5.14. The normalized spacial score (nSPS) is 6.35. The van der Waals surface area contributed by atoms with Crippen LogP contribution in [0, 0.1) is 26.0 Å². The third-order valence-corrected chi connectivity index (χ3v) is 1.49. The molecule has 0 aromatic heterocycles. The molecule has 0 bridgehead atoms. The fourth-order valence-electron chi connectivity index (χ4n) is 0.812. The van der Waals surface area contributed by atoms with Crippen LogP contribution in [0.1, 0.15) is 27.8 Å². The maximum atomic E-state index is 4.74. The summed E-state index contributed by atoms with van der Waals surface area (Å²) in [4.78, 5) is 0. The molecule has 110 valence electrons. The molecule has 2 N–H and O–H groups in total. The topological polar surface area (TPSA) is 26.0 Å². The van der Waals surface area contributed by atoms with Crippen LogP contribution in [0.25, 0.3) is 0 Å². The molecule has 0 aliphatic heterocycles. The first kappa shape index (κ1) is 31.7. The first-order chi connectivity index (χ1) is 7.81. The van der Waals surface area contributed by atoms with Gasteiger partial charge in [-0.2, -0.15) is 72.3 Å². The van der Waals surface area contributed by atoms with Crippen LogP contribution in [0.4, 0.5) is 0 Å². The van der Waals surface area contributed by atoms with Crippen LogP contribution in [0.5, 0.6) is 0 Å². The van der Waals surface area contributed by atoms with Crippen molar-refractivity contribution in [3.05, 3.63) is 79.2 Å². The Morgan fingerprint density at radius 1 is 0.900 bits per heavy atom. The summed E-state index contributed by atoms with van der Waals surface area (Å²) in [6.07, 6.45) is 0. The van der Waals surface area contributed by atoms with Crippen LogP contribution < -0.4 is 5.73 Å². The second-order valence-corrected chi connectivity index (χ2v) is 2.94. The van der Waals surface area contributed by atoms with E-state index in [1.807, 2.05) is 54.6 Å². The van der Waals surface area contributed by atoms with Crippen molar-refractivity contribution in [2.24, 2.45) is 5.73 Å². The van der Waals surface area contributed by atoms with Gasteiger partial charge in [0.25, 0.3) is 0 Å². The molecule has 0 heterocycles. The molecule has 0 fully saturated rings. The van der Waals surface area contributed by atoms with E-state index in [0.29, 0.717) is 6.54 Å². The maximum Gasteiger partial charge on any atom is 3.00 e. The molecule has 2 heteroatoms. The Labute approximate surface area is 152 Å². The number of aryl methyl sites for hydroxylation is 1. The standard InChI is InChI=1S/C7H7.C6H5.C2H6N.3CH4.Y/c1-7-5-3-2-4-6-7;1-2-4-6-5-3-1;1-2-3;;;;/h3-6H,1H3;1-5H;1-3H2;3*1H4;/q3*-1;;;;+3. The summed E-state index contributed by atoms with van der Waals surface area (Å²) in [7, 11) is 0. The number of hydrogen-bond acceptors (Lipinski definition) is 1. The monoisotopic (exact) mass is 349 g/mol. The van der Waals surface area contributed by atoms with Gasteiger partial charge in [0.05, 0.1) is 0 Å². The Balaban J connectivity index is -0.0000000542. The first-order valence-electron chi connectivity index (χ1n) is 5.14. The van der Waals surface area contributed by atoms with Crippen molar-refractivity contribution in [2.75, 3.05) is 6.54 Å². The molecule has 0 radical (unpaired) electrons. The Bertz CT molecular complexity index is 295. The molecule has 1 nitrogen and oxygen atoms in total. The fraction of sp³-hybridized carbons (Fsp3) is 0.278. The summed E-state index contributed by atoms with van der Waals surface area (Å²) < 4.78 is 0. The zero-order valence-electron chi connectivity index (χ0n) is 10.3. The fourth-order valence-corrected chi connectivity index (χ4v) is 0.812. The molecule has 0 unspecified atom stereocenters. The zero-order valence-corrected chi connectivity index (χ0v) is 13.1. The number of benzene rings is 2. The maximum absolute atomic E-state index is 4.74. The zero-order chi connectivity index (χ0) is 12.1. The van der Waals surface area contributed by atoms with Gasteiger partial charge in [0, 0.05) is 0 Å². The van der Waals surface area contributed by atoms with E-state index in [1.54, 1.807) is 0 Å². The van der Waals surface area contributed by atoms with Gasteiger partial charge in [-0.1, -0.05) is 29.2 Å². The van der Waals surface area contributed by atoms with E-state index >= 15 is 0 Å². The van der Waals surface area contributed by atoms with Gasteiger partial charge in [-0.3, -0.25) is 0 Å². The van der Waals surface area contributed by atoms with E-state index in [9.17, 15) is 0 Å². The average Bonchev–Trinajstić information content (AvgIpc) is 2.34. The Morgan fingerprint density at radius 2 is 1.25 bits per heavy atom. The molecule has 2 aromatic carbocycles. The van der Waals surface area contributed by atoms with E-state index in [0.717, 1.165) is 0 Å². The molecule has 0 saturated heterocycles. The quantitative estimate of drug-likeness (QED) is 0.668. The van der Waals surface area contributed by atoms with Gasteiger partial charge < -0.3 is 12.7 Å². The largest absolute Gasteiger partial charge is 3.00 e. The molecule has 0 aliphatic rings. The van der Waals surface area contributed by atoms with E-state index in [2.05, 4.69) is 26.0 Å². The van der Waals surface area contributed by atoms with Gasteiger partial charge in [0.2, 0.25) is 0 Å². The third kappa shape index (κ3) is 26.1. The summed E-state index contributed by atoms with van der Waals surface area (Å²) in [6.45, 7) is 5.83. The minimum absolute atomic E-state index is 0. The van der Waals surface area contributed by atoms with Gasteiger partial charge in [-0.05, 0) is 0 Å². The Kier molecular flexibility index (Phi) is 42.8. The van der Waals surface area contributed by atoms with Crippen molar-refractivity contribution < 1.29 is 32.7 Å². The van der Waals surface area contributed by atoms with Crippen molar-refractivity contribution in [2.45, 2.75) is 29.2 Å². The SMILES string of the molecule is C.C.C.Cc1cc[c-]cc1.[CH2-]CN.[Y+3].[c-]1ccccc1. The molecule has 0 amide bonds. The van der Waals surface area contributed by atoms with Crippen LogP contribution in [0.2, 0.25) is 0 Å². The van der Waals surface area contributed by atoms with Crippen molar-refractivity contribution in [1.82, 2.24) is 0 Å². The minimum atomic E-state index is 0. The number of nitrogens with two attached hydrogens (primary N) is 1. The summed E-state index contributed by atoms with van der Waals surface area (Å²) in [5.41, 5.74) is 6.03. The molecular weight excluding hydrogens is 319 g/mol. The van der Waals surface area contributed by atoms with Crippen LogP contribution >= 0.6 is 0 Å². The second-order valence-electron chi connectivity index (χ2n) is 2.94. The summed E-state index contributed by atoms with van der Waals surface area (Å²) in [5, 5.41) is 0. The molecule has 0 atom stereocenters. The smallest absolute Gasteiger partial charge is 0.360 e. The summed E-state index contributed by atoms with van der Waals surface area (Å²) in [5.74, 6) is 0. The van der Waals surface area contributed by atoms with E-state index in [1.165, 1.54) is 5.56 Å². The van der Waals surface area contributed by atoms with Crippen molar-refractivity contribution in [3.8, 4) is 0 Å². The summed E-state index contributed by atoms with van der Waals surface area (Å²) >= 11 is 0. The molecule has 0 aliphatic carbocycles. The van der Waals surface area contributed by atoms with Crippen molar-refractivity contribution >= 4 is 0 Å². The van der Waals surface area contributed by atoms with Crippen LogP contribution in [-0.2, 0) is 32.7 Å². The predicted octanol–water partition coefficient (Wildman–Crippen LogP) is 4.97. The van der Waals surface area contributed by atoms with Crippen LogP contribution in [0.15, 0.2) is 54.6 Å². The average molecular weight is 349 g/mol. The van der Waals surface area contributed by atoms with Gasteiger partial charge >= 0.3 is 32.7 Å². The van der Waals surface area contributed by atoms with Crippen molar-refractivity contribution in [3.63, 3.8) is 0 Å². The van der Waals surface area contributed by atoms with Gasteiger partial charge in [0.1, 0.15) is 0 Å². The third-order valence-electron chi connectivity index (χ3n) is 1.49. The van der Waals surface area contributed by atoms with Gasteiger partial charge in [-0.15, -0.1) is 6.54 Å². The Hall–Kier alpha value is -0.496. The van der Waals surface area contributed by atoms with E-state index in [4.69, 9.17) is 5.73 Å². The number of rotatable bonds is 0. The predicted molar refractivity (Wildman–Crippen MR) is 89.9 cm³/mol. The van der Waals surface area contributed by atoms with Crippen LogP contribution in [0.3, 0.4) is 0 Å². The molecule has 0 saturated carbocycles. The molecule has 20 heavy (non-hydrogen) atoms. The molecule has 2 rings (SSSR count). The minimum Gasteiger partial charge on any atom is -0.360 e. The van der Waals surface area contributed by atoms with Gasteiger partial charge in [-0.25, -0.2) is 0 Å². The summed E-state index contributed by atoms with van der Waals surface area (Å²) in [6, 6.07) is 23.3. The molecule has 0 spiro atoms. The Morgan fingerprint density at radius 3 is 1.40 bits per heavy atom. The van der Waals surface area contributed by atoms with Crippen LogP contribution in [-0.4, -0.2) is 6.54 Å². The van der Waals surface area contributed by atoms with Crippen molar-refractivity contribution in [1.29, 1.82) is 0 Å². The van der Waals surface area contributed by atoms with Gasteiger partial charge in [0.15, 0.2) is 0 Å². The molecular formula is C18H30NY. The molecule has 2 aromatic rings. The van der Waals surface area contributed by atoms with E-state index < -0.39 is 0 Å².